The van der Waals surface area contributed by atoms with Crippen LogP contribution in [-0.2, 0) is 0 Å². The van der Waals surface area contributed by atoms with E-state index in [9.17, 15) is 0 Å². The summed E-state index contributed by atoms with van der Waals surface area (Å²) in [7, 11) is 0. The van der Waals surface area contributed by atoms with Crippen molar-refractivity contribution in [3.05, 3.63) is 34.8 Å². The largest absolute Gasteiger partial charge is 0.303 e. The van der Waals surface area contributed by atoms with Gasteiger partial charge in [0.05, 0.1) is 11.7 Å². The Balaban J connectivity index is 2.26. The van der Waals surface area contributed by atoms with Gasteiger partial charge in [0, 0.05) is 16.6 Å². The number of rotatable bonds is 1. The van der Waals surface area contributed by atoms with Crippen LogP contribution in [0.3, 0.4) is 0 Å². The minimum Gasteiger partial charge on any atom is -0.303 e. The van der Waals surface area contributed by atoms with Gasteiger partial charge in [0.15, 0.2) is 0 Å². The van der Waals surface area contributed by atoms with Crippen LogP contribution in [0.2, 0.25) is 0 Å². The lowest BCUT2D eigenvalue weighted by Gasteiger charge is -1.98. The standard InChI is InChI=1S/C10H9BrN2/c11-8-3-4-13-9(5-8)6-12-10(13)7-1-2-7/h3-7H,1-2H2. The predicted molar refractivity (Wildman–Crippen MR) is 54.9 cm³/mol. The maximum Gasteiger partial charge on any atom is 0.116 e. The highest BCUT2D eigenvalue weighted by atomic mass is 79.9. The summed E-state index contributed by atoms with van der Waals surface area (Å²) in [5.74, 6) is 1.94. The van der Waals surface area contributed by atoms with Crippen molar-refractivity contribution in [1.29, 1.82) is 0 Å². The fraction of sp³-hybridized carbons (Fsp3) is 0.300. The number of aromatic nitrogens is 2. The Morgan fingerprint density at radius 3 is 3.08 bits per heavy atom. The molecule has 0 aliphatic heterocycles. The molecule has 2 heterocycles. The van der Waals surface area contributed by atoms with Gasteiger partial charge in [-0.1, -0.05) is 15.9 Å². The van der Waals surface area contributed by atoms with Gasteiger partial charge in [-0.15, -0.1) is 0 Å². The second kappa shape index (κ2) is 2.58. The molecule has 0 amide bonds. The Hall–Kier alpha value is -0.830. The molecule has 0 aromatic carbocycles. The average molecular weight is 237 g/mol. The van der Waals surface area contributed by atoms with E-state index in [1.807, 2.05) is 6.20 Å². The molecule has 1 aliphatic carbocycles. The maximum atomic E-state index is 4.44. The van der Waals surface area contributed by atoms with Crippen LogP contribution in [0.1, 0.15) is 24.6 Å². The van der Waals surface area contributed by atoms with Crippen LogP contribution in [0.25, 0.3) is 5.52 Å². The third-order valence-corrected chi connectivity index (χ3v) is 2.96. The van der Waals surface area contributed by atoms with Crippen LogP contribution in [0.15, 0.2) is 29.0 Å². The smallest absolute Gasteiger partial charge is 0.116 e. The highest BCUT2D eigenvalue weighted by Crippen LogP contribution is 2.39. The highest BCUT2D eigenvalue weighted by Gasteiger charge is 2.27. The Bertz CT molecular complexity index is 457. The summed E-state index contributed by atoms with van der Waals surface area (Å²) in [6, 6.07) is 4.15. The van der Waals surface area contributed by atoms with E-state index in [0.717, 1.165) is 4.47 Å². The zero-order chi connectivity index (χ0) is 8.84. The van der Waals surface area contributed by atoms with Crippen LogP contribution in [0.4, 0.5) is 0 Å². The van der Waals surface area contributed by atoms with Crippen LogP contribution >= 0.6 is 15.9 Å². The molecular weight excluding hydrogens is 228 g/mol. The summed E-state index contributed by atoms with van der Waals surface area (Å²) in [5, 5.41) is 0. The molecule has 2 aromatic rings. The zero-order valence-corrected chi connectivity index (χ0v) is 8.66. The second-order valence-corrected chi connectivity index (χ2v) is 4.45. The van der Waals surface area contributed by atoms with Crippen molar-refractivity contribution in [2.45, 2.75) is 18.8 Å². The van der Waals surface area contributed by atoms with Gasteiger partial charge in [-0.25, -0.2) is 4.98 Å². The van der Waals surface area contributed by atoms with Crippen molar-refractivity contribution in [3.8, 4) is 0 Å². The number of nitrogens with zero attached hydrogens (tertiary/aromatic N) is 2. The molecule has 2 nitrogen and oxygen atoms in total. The number of pyridine rings is 1. The molecule has 0 unspecified atom stereocenters. The van der Waals surface area contributed by atoms with E-state index in [0.29, 0.717) is 5.92 Å². The van der Waals surface area contributed by atoms with E-state index in [1.54, 1.807) is 0 Å². The van der Waals surface area contributed by atoms with Gasteiger partial charge in [-0.05, 0) is 25.0 Å². The summed E-state index contributed by atoms with van der Waals surface area (Å²) in [4.78, 5) is 4.44. The van der Waals surface area contributed by atoms with E-state index in [2.05, 4.69) is 43.6 Å². The molecule has 0 spiro atoms. The van der Waals surface area contributed by atoms with Gasteiger partial charge in [-0.3, -0.25) is 0 Å². The van der Waals surface area contributed by atoms with Gasteiger partial charge in [-0.2, -0.15) is 0 Å². The third-order valence-electron chi connectivity index (χ3n) is 2.47. The Morgan fingerprint density at radius 2 is 2.31 bits per heavy atom. The first-order chi connectivity index (χ1) is 6.34. The number of hydrogen-bond donors (Lipinski definition) is 0. The Morgan fingerprint density at radius 1 is 1.46 bits per heavy atom. The summed E-state index contributed by atoms with van der Waals surface area (Å²) >= 11 is 3.45. The molecule has 0 radical (unpaired) electrons. The first-order valence-corrected chi connectivity index (χ1v) is 5.26. The summed E-state index contributed by atoms with van der Waals surface area (Å²) < 4.78 is 3.30. The minimum atomic E-state index is 0.712. The number of imidazole rings is 1. The summed E-state index contributed by atoms with van der Waals surface area (Å²) in [6.45, 7) is 0. The van der Waals surface area contributed by atoms with Gasteiger partial charge in [0.1, 0.15) is 5.82 Å². The lowest BCUT2D eigenvalue weighted by atomic mass is 10.4. The monoisotopic (exact) mass is 236 g/mol. The molecule has 66 valence electrons. The number of hydrogen-bond acceptors (Lipinski definition) is 1. The van der Waals surface area contributed by atoms with Gasteiger partial charge >= 0.3 is 0 Å². The Labute approximate surface area is 84.7 Å². The molecule has 0 saturated heterocycles. The molecule has 3 rings (SSSR count). The fourth-order valence-electron chi connectivity index (χ4n) is 1.64. The lowest BCUT2D eigenvalue weighted by Crippen LogP contribution is -1.90. The average Bonchev–Trinajstić information content (AvgIpc) is 2.87. The molecule has 1 fully saturated rings. The van der Waals surface area contributed by atoms with Crippen molar-refractivity contribution in [2.24, 2.45) is 0 Å². The molecule has 1 saturated carbocycles. The van der Waals surface area contributed by atoms with Crippen molar-refractivity contribution in [1.82, 2.24) is 9.38 Å². The van der Waals surface area contributed by atoms with E-state index in [1.165, 1.54) is 24.2 Å². The van der Waals surface area contributed by atoms with Crippen molar-refractivity contribution in [3.63, 3.8) is 0 Å². The highest BCUT2D eigenvalue weighted by molar-refractivity contribution is 9.10. The molecule has 2 aromatic heterocycles. The molecular formula is C10H9BrN2. The number of halogens is 1. The van der Waals surface area contributed by atoms with E-state index >= 15 is 0 Å². The Kier molecular flexibility index (Phi) is 1.50. The lowest BCUT2D eigenvalue weighted by molar-refractivity contribution is 0.920. The normalized spacial score (nSPS) is 16.7. The quantitative estimate of drug-likeness (QED) is 0.745. The van der Waals surface area contributed by atoms with Crippen LogP contribution in [-0.4, -0.2) is 9.38 Å². The second-order valence-electron chi connectivity index (χ2n) is 3.53. The van der Waals surface area contributed by atoms with Crippen LogP contribution < -0.4 is 0 Å². The fourth-order valence-corrected chi connectivity index (χ4v) is 1.99. The zero-order valence-electron chi connectivity index (χ0n) is 7.07. The topological polar surface area (TPSA) is 17.3 Å². The van der Waals surface area contributed by atoms with Gasteiger partial charge in [0.25, 0.3) is 0 Å². The number of fused-ring (bicyclic) bond motifs is 1. The maximum absolute atomic E-state index is 4.44. The SMILES string of the molecule is Brc1ccn2c(C3CC3)ncc2c1. The van der Waals surface area contributed by atoms with Crippen LogP contribution in [0.5, 0.6) is 0 Å². The predicted octanol–water partition coefficient (Wildman–Crippen LogP) is 2.97. The van der Waals surface area contributed by atoms with Crippen molar-refractivity contribution >= 4 is 21.4 Å². The molecule has 3 heteroatoms. The van der Waals surface area contributed by atoms with E-state index in [-0.39, 0.29) is 0 Å². The van der Waals surface area contributed by atoms with E-state index < -0.39 is 0 Å². The van der Waals surface area contributed by atoms with Gasteiger partial charge in [0.2, 0.25) is 0 Å². The molecule has 0 atom stereocenters. The van der Waals surface area contributed by atoms with Crippen molar-refractivity contribution < 1.29 is 0 Å². The van der Waals surface area contributed by atoms with Gasteiger partial charge < -0.3 is 4.40 Å². The minimum absolute atomic E-state index is 0.712. The first kappa shape index (κ1) is 7.56. The first-order valence-electron chi connectivity index (χ1n) is 4.47. The molecule has 0 N–H and O–H groups in total. The molecule has 0 bridgehead atoms. The third kappa shape index (κ3) is 1.18. The van der Waals surface area contributed by atoms with Crippen LogP contribution in [0, 0.1) is 0 Å². The molecule has 13 heavy (non-hydrogen) atoms. The summed E-state index contributed by atoms with van der Waals surface area (Å²) in [6.07, 6.45) is 6.63. The van der Waals surface area contributed by atoms with E-state index in [4.69, 9.17) is 0 Å². The summed E-state index contributed by atoms with van der Waals surface area (Å²) in [5.41, 5.74) is 1.18. The van der Waals surface area contributed by atoms with Crippen molar-refractivity contribution in [2.75, 3.05) is 0 Å². The molecule has 1 aliphatic rings.